The minimum atomic E-state index is -0.497. The second-order valence-corrected chi connectivity index (χ2v) is 12.5. The molecule has 0 N–H and O–H groups in total. The predicted octanol–water partition coefficient (Wildman–Crippen LogP) is 5.09. The number of carbonyl (C=O) groups is 2. The first-order chi connectivity index (χ1) is 12.1. The van der Waals surface area contributed by atoms with Gasteiger partial charge in [0, 0.05) is 29.8 Å². The number of thioether (sulfide) groups is 2. The highest BCUT2D eigenvalue weighted by Crippen LogP contribution is 2.57. The van der Waals surface area contributed by atoms with Crippen LogP contribution in [0.3, 0.4) is 0 Å². The van der Waals surface area contributed by atoms with Crippen LogP contribution in [0.5, 0.6) is 0 Å². The fourth-order valence-electron chi connectivity index (χ4n) is 4.53. The highest BCUT2D eigenvalue weighted by Gasteiger charge is 2.51. The normalized spacial score (nSPS) is 34.2. The molecule has 0 radical (unpaired) electrons. The van der Waals surface area contributed by atoms with Gasteiger partial charge >= 0.3 is 5.97 Å². The van der Waals surface area contributed by atoms with Crippen LogP contribution in [0.15, 0.2) is 12.2 Å². The Hall–Kier alpha value is -0.420. The zero-order valence-electron chi connectivity index (χ0n) is 16.5. The number of allylic oxidation sites excluding steroid dienone is 1. The van der Waals surface area contributed by atoms with Gasteiger partial charge in [-0.2, -0.15) is 0 Å². The summed E-state index contributed by atoms with van der Waals surface area (Å²) < 4.78 is 6.10. The Balaban J connectivity index is 1.84. The van der Waals surface area contributed by atoms with Crippen molar-refractivity contribution >= 4 is 35.3 Å². The maximum atomic E-state index is 13.0. The standard InChI is InChI=1S/C21H32O3S2/c1-13(2)14-10-17(22)15-6-7-18(24-19(23)20(3,4)5)16(15)12-21(11-14)25-8-9-26-21/h14-16,18H,1,6-12H2,2-5H3/t14-,15-,16+,18-/m1/s1. The molecule has 1 aliphatic heterocycles. The number of hydrogen-bond donors (Lipinski definition) is 0. The molecule has 1 saturated heterocycles. The summed E-state index contributed by atoms with van der Waals surface area (Å²) in [7, 11) is 0. The van der Waals surface area contributed by atoms with Crippen LogP contribution >= 0.6 is 23.5 Å². The van der Waals surface area contributed by atoms with Crippen LogP contribution in [0.4, 0.5) is 0 Å². The quantitative estimate of drug-likeness (QED) is 0.480. The first-order valence-electron chi connectivity index (χ1n) is 9.78. The van der Waals surface area contributed by atoms with Crippen molar-refractivity contribution in [3.05, 3.63) is 12.2 Å². The van der Waals surface area contributed by atoms with Gasteiger partial charge in [0.1, 0.15) is 11.9 Å². The van der Waals surface area contributed by atoms with Gasteiger partial charge in [-0.05, 0) is 59.3 Å². The number of esters is 1. The lowest BCUT2D eigenvalue weighted by atomic mass is 9.77. The summed E-state index contributed by atoms with van der Waals surface area (Å²) in [5.41, 5.74) is 0.640. The van der Waals surface area contributed by atoms with Crippen LogP contribution < -0.4 is 0 Å². The Bertz CT molecular complexity index is 587. The molecule has 1 heterocycles. The average Bonchev–Trinajstić information content (AvgIpc) is 3.13. The molecule has 5 heteroatoms. The minimum Gasteiger partial charge on any atom is -0.462 e. The van der Waals surface area contributed by atoms with Gasteiger partial charge in [0.2, 0.25) is 0 Å². The van der Waals surface area contributed by atoms with E-state index in [0.717, 1.165) is 31.3 Å². The topological polar surface area (TPSA) is 43.4 Å². The molecule has 26 heavy (non-hydrogen) atoms. The number of ketones is 1. The molecule has 2 aliphatic carbocycles. The zero-order chi connectivity index (χ0) is 19.1. The van der Waals surface area contributed by atoms with Crippen LogP contribution in [-0.2, 0) is 14.3 Å². The lowest BCUT2D eigenvalue weighted by Crippen LogP contribution is -2.39. The molecule has 3 rings (SSSR count). The fourth-order valence-corrected chi connectivity index (χ4v) is 8.03. The molecule has 0 bridgehead atoms. The Morgan fingerprint density at radius 1 is 1.19 bits per heavy atom. The predicted molar refractivity (Wildman–Crippen MR) is 110 cm³/mol. The highest BCUT2D eigenvalue weighted by atomic mass is 32.2. The van der Waals surface area contributed by atoms with E-state index in [1.165, 1.54) is 11.5 Å². The first kappa shape index (κ1) is 20.3. The van der Waals surface area contributed by atoms with Gasteiger partial charge in [-0.1, -0.05) is 12.2 Å². The molecule has 2 saturated carbocycles. The van der Waals surface area contributed by atoms with E-state index in [4.69, 9.17) is 4.74 Å². The first-order valence-corrected chi connectivity index (χ1v) is 11.8. The smallest absolute Gasteiger partial charge is 0.311 e. The molecule has 3 nitrogen and oxygen atoms in total. The van der Waals surface area contributed by atoms with Crippen molar-refractivity contribution in [1.29, 1.82) is 0 Å². The molecule has 0 amide bonds. The average molecular weight is 397 g/mol. The van der Waals surface area contributed by atoms with E-state index in [1.807, 2.05) is 20.8 Å². The summed E-state index contributed by atoms with van der Waals surface area (Å²) in [5.74, 6) is 3.08. The zero-order valence-corrected chi connectivity index (χ0v) is 18.1. The largest absolute Gasteiger partial charge is 0.462 e. The Morgan fingerprint density at radius 2 is 1.85 bits per heavy atom. The summed E-state index contributed by atoms with van der Waals surface area (Å²) >= 11 is 4.11. The Kier molecular flexibility index (Phi) is 5.89. The third-order valence-corrected chi connectivity index (χ3v) is 9.60. The second-order valence-electron chi connectivity index (χ2n) is 9.27. The molecule has 3 fully saturated rings. The van der Waals surface area contributed by atoms with Crippen LogP contribution in [0.25, 0.3) is 0 Å². The van der Waals surface area contributed by atoms with Crippen molar-refractivity contribution in [3.63, 3.8) is 0 Å². The van der Waals surface area contributed by atoms with E-state index in [2.05, 4.69) is 37.0 Å². The van der Waals surface area contributed by atoms with Crippen molar-refractivity contribution in [2.24, 2.45) is 23.2 Å². The Labute approximate surface area is 166 Å². The van der Waals surface area contributed by atoms with E-state index in [1.54, 1.807) is 0 Å². The van der Waals surface area contributed by atoms with Gasteiger partial charge in [0.05, 0.1) is 9.49 Å². The lowest BCUT2D eigenvalue weighted by molar-refractivity contribution is -0.161. The van der Waals surface area contributed by atoms with Crippen LogP contribution in [0.1, 0.15) is 59.8 Å². The molecule has 4 atom stereocenters. The molecule has 0 aromatic rings. The molecule has 1 spiro atoms. The van der Waals surface area contributed by atoms with Crippen LogP contribution in [-0.4, -0.2) is 33.4 Å². The van der Waals surface area contributed by atoms with Gasteiger partial charge < -0.3 is 4.74 Å². The number of Topliss-reactive ketones (excluding diaryl/α,β-unsaturated/α-hetero) is 1. The summed E-state index contributed by atoms with van der Waals surface area (Å²) in [6.45, 7) is 11.9. The van der Waals surface area contributed by atoms with Crippen molar-refractivity contribution in [2.45, 2.75) is 70.0 Å². The summed E-state index contributed by atoms with van der Waals surface area (Å²) in [5, 5.41) is 0. The molecule has 0 unspecified atom stereocenters. The van der Waals surface area contributed by atoms with E-state index >= 15 is 0 Å². The Morgan fingerprint density at radius 3 is 2.42 bits per heavy atom. The van der Waals surface area contributed by atoms with Crippen molar-refractivity contribution < 1.29 is 14.3 Å². The highest BCUT2D eigenvalue weighted by molar-refractivity contribution is 8.21. The van der Waals surface area contributed by atoms with E-state index in [9.17, 15) is 9.59 Å². The molecular formula is C21H32O3S2. The van der Waals surface area contributed by atoms with Crippen molar-refractivity contribution in [3.8, 4) is 0 Å². The van der Waals surface area contributed by atoms with Crippen LogP contribution in [0, 0.1) is 23.2 Å². The van der Waals surface area contributed by atoms with Crippen LogP contribution in [0.2, 0.25) is 0 Å². The number of carbonyl (C=O) groups excluding carboxylic acids is 2. The van der Waals surface area contributed by atoms with Gasteiger partial charge in [-0.15, -0.1) is 23.5 Å². The summed E-state index contributed by atoms with van der Waals surface area (Å²) in [6.07, 6.45) is 4.19. The molecule has 0 aromatic carbocycles. The third kappa shape index (κ3) is 4.19. The van der Waals surface area contributed by atoms with Gasteiger partial charge in [0.15, 0.2) is 0 Å². The molecule has 3 aliphatic rings. The summed E-state index contributed by atoms with van der Waals surface area (Å²) in [4.78, 5) is 25.5. The SMILES string of the molecule is C=C(C)[C@@H]1CC(=O)[C@@H]2CC[C@@H](OC(=O)C(C)(C)C)[C@H]2CC2(C1)SCCS2. The van der Waals surface area contributed by atoms with Gasteiger partial charge in [-0.3, -0.25) is 9.59 Å². The molecule has 0 aromatic heterocycles. The monoisotopic (exact) mass is 396 g/mol. The molecular weight excluding hydrogens is 364 g/mol. The fraction of sp³-hybridized carbons (Fsp3) is 0.810. The lowest BCUT2D eigenvalue weighted by Gasteiger charge is -2.39. The van der Waals surface area contributed by atoms with E-state index < -0.39 is 5.41 Å². The maximum Gasteiger partial charge on any atom is 0.311 e. The second kappa shape index (κ2) is 7.54. The number of ether oxygens (including phenoxy) is 1. The molecule has 146 valence electrons. The van der Waals surface area contributed by atoms with E-state index in [-0.39, 0.29) is 33.9 Å². The third-order valence-electron chi connectivity index (χ3n) is 6.10. The number of fused-ring (bicyclic) bond motifs is 1. The number of hydrogen-bond acceptors (Lipinski definition) is 5. The van der Waals surface area contributed by atoms with Crippen molar-refractivity contribution in [2.75, 3.05) is 11.5 Å². The van der Waals surface area contributed by atoms with Gasteiger partial charge in [-0.25, -0.2) is 0 Å². The van der Waals surface area contributed by atoms with Gasteiger partial charge in [0.25, 0.3) is 0 Å². The van der Waals surface area contributed by atoms with Crippen molar-refractivity contribution in [1.82, 2.24) is 0 Å². The van der Waals surface area contributed by atoms with E-state index in [0.29, 0.717) is 12.2 Å². The summed E-state index contributed by atoms with van der Waals surface area (Å²) in [6, 6.07) is 0. The minimum absolute atomic E-state index is 0.0496. The maximum absolute atomic E-state index is 13.0. The number of rotatable bonds is 2.